The molecule has 0 radical (unpaired) electrons. The monoisotopic (exact) mass is 475 g/mol. The molecule has 1 atom stereocenters. The number of morpholine rings is 1. The van der Waals surface area contributed by atoms with Crippen molar-refractivity contribution in [2.24, 2.45) is 5.14 Å². The number of carbonyl (C=O) groups is 2. The molecule has 2 amide bonds. The van der Waals surface area contributed by atoms with E-state index in [2.05, 4.69) is 15.5 Å². The number of hydrogen-bond donors (Lipinski definition) is 3. The Morgan fingerprint density at radius 1 is 1.03 bits per heavy atom. The lowest BCUT2D eigenvalue weighted by Crippen LogP contribution is -2.43. The number of amides is 2. The first-order chi connectivity index (χ1) is 15.6. The molecular weight excluding hydrogens is 446 g/mol. The van der Waals surface area contributed by atoms with Gasteiger partial charge in [-0.15, -0.1) is 0 Å². The van der Waals surface area contributed by atoms with E-state index in [4.69, 9.17) is 9.88 Å². The number of likely N-dealkylation sites (N-methyl/N-ethyl adjacent to an activating group) is 1. The van der Waals surface area contributed by atoms with Gasteiger partial charge in [0.05, 0.1) is 30.7 Å². The lowest BCUT2D eigenvalue weighted by atomic mass is 10.2. The van der Waals surface area contributed by atoms with Crippen LogP contribution in [-0.2, 0) is 24.3 Å². The van der Waals surface area contributed by atoms with Crippen LogP contribution in [0.5, 0.6) is 0 Å². The van der Waals surface area contributed by atoms with E-state index in [1.165, 1.54) is 24.3 Å². The van der Waals surface area contributed by atoms with Gasteiger partial charge in [0.15, 0.2) is 0 Å². The Hall–Kier alpha value is -2.99. The second kappa shape index (κ2) is 10.8. The summed E-state index contributed by atoms with van der Waals surface area (Å²) in [6, 6.07) is 12.6. The third-order valence-electron chi connectivity index (χ3n) is 5.41. The molecule has 0 spiro atoms. The van der Waals surface area contributed by atoms with Crippen LogP contribution in [0.4, 0.5) is 17.1 Å². The second-order valence-corrected chi connectivity index (χ2v) is 9.41. The molecule has 178 valence electrons. The van der Waals surface area contributed by atoms with E-state index in [0.717, 1.165) is 18.8 Å². The van der Waals surface area contributed by atoms with Crippen LogP contribution >= 0.6 is 0 Å². The van der Waals surface area contributed by atoms with Crippen LogP contribution in [0.25, 0.3) is 0 Å². The van der Waals surface area contributed by atoms with E-state index in [1.807, 2.05) is 24.3 Å². The summed E-state index contributed by atoms with van der Waals surface area (Å²) in [7, 11) is -2.12. The maximum Gasteiger partial charge on any atom is 0.241 e. The fraction of sp³-hybridized carbons (Fsp3) is 0.364. The highest BCUT2D eigenvalue weighted by molar-refractivity contribution is 7.89. The number of sulfonamides is 1. The molecule has 11 heteroatoms. The third kappa shape index (κ3) is 6.99. The fourth-order valence-corrected chi connectivity index (χ4v) is 3.83. The van der Waals surface area contributed by atoms with Gasteiger partial charge in [0.25, 0.3) is 0 Å². The Kier molecular flexibility index (Phi) is 8.03. The summed E-state index contributed by atoms with van der Waals surface area (Å²) < 4.78 is 28.0. The van der Waals surface area contributed by atoms with Crippen LogP contribution in [0.15, 0.2) is 53.4 Å². The Morgan fingerprint density at radius 2 is 1.58 bits per heavy atom. The zero-order chi connectivity index (χ0) is 24.0. The molecule has 1 fully saturated rings. The molecule has 10 nitrogen and oxygen atoms in total. The Balaban J connectivity index is 1.49. The highest BCUT2D eigenvalue weighted by Crippen LogP contribution is 2.19. The van der Waals surface area contributed by atoms with Crippen molar-refractivity contribution in [3.8, 4) is 0 Å². The number of carbonyl (C=O) groups excluding carboxylic acids is 2. The summed E-state index contributed by atoms with van der Waals surface area (Å²) in [4.78, 5) is 28.8. The first-order valence-corrected chi connectivity index (χ1v) is 12.0. The second-order valence-electron chi connectivity index (χ2n) is 7.84. The smallest absolute Gasteiger partial charge is 0.241 e. The minimum atomic E-state index is -3.80. The van der Waals surface area contributed by atoms with Gasteiger partial charge in [0.2, 0.25) is 21.8 Å². The van der Waals surface area contributed by atoms with E-state index in [0.29, 0.717) is 24.6 Å². The van der Waals surface area contributed by atoms with Crippen molar-refractivity contribution in [3.63, 3.8) is 0 Å². The van der Waals surface area contributed by atoms with Crippen molar-refractivity contribution in [2.45, 2.75) is 17.9 Å². The van der Waals surface area contributed by atoms with Gasteiger partial charge in [-0.2, -0.15) is 0 Å². The zero-order valence-electron chi connectivity index (χ0n) is 18.7. The topological polar surface area (TPSA) is 134 Å². The van der Waals surface area contributed by atoms with Crippen molar-refractivity contribution in [2.75, 3.05) is 55.4 Å². The van der Waals surface area contributed by atoms with E-state index >= 15 is 0 Å². The van der Waals surface area contributed by atoms with Crippen LogP contribution in [0.2, 0.25) is 0 Å². The van der Waals surface area contributed by atoms with Gasteiger partial charge >= 0.3 is 0 Å². The average Bonchev–Trinajstić information content (AvgIpc) is 2.79. The maximum atomic E-state index is 12.5. The van der Waals surface area contributed by atoms with Crippen LogP contribution in [-0.4, -0.2) is 71.1 Å². The summed E-state index contributed by atoms with van der Waals surface area (Å²) >= 11 is 0. The predicted molar refractivity (Wildman–Crippen MR) is 127 cm³/mol. The highest BCUT2D eigenvalue weighted by atomic mass is 32.2. The lowest BCUT2D eigenvalue weighted by molar-refractivity contribution is -0.122. The largest absolute Gasteiger partial charge is 0.378 e. The number of hydrogen-bond acceptors (Lipinski definition) is 7. The predicted octanol–water partition coefficient (Wildman–Crippen LogP) is 1.07. The molecule has 0 aliphatic carbocycles. The first kappa shape index (κ1) is 24.6. The number of primary sulfonamides is 1. The molecule has 33 heavy (non-hydrogen) atoms. The van der Waals surface area contributed by atoms with Gasteiger partial charge in [0, 0.05) is 30.2 Å². The summed E-state index contributed by atoms with van der Waals surface area (Å²) in [6.07, 6.45) is 0. The SMILES string of the molecule is CC(C(=O)Nc1ccc(S(N)(=O)=O)cc1)N(C)CC(=O)Nc1ccc(N2CCOCC2)cc1. The van der Waals surface area contributed by atoms with Crippen molar-refractivity contribution < 1.29 is 22.7 Å². The molecule has 2 aromatic carbocycles. The molecule has 1 heterocycles. The quantitative estimate of drug-likeness (QED) is 0.520. The van der Waals surface area contributed by atoms with Gasteiger partial charge in [-0.25, -0.2) is 13.6 Å². The summed E-state index contributed by atoms with van der Waals surface area (Å²) in [6.45, 7) is 4.79. The van der Waals surface area contributed by atoms with Gasteiger partial charge in [-0.3, -0.25) is 14.5 Å². The number of benzene rings is 2. The molecule has 1 aliphatic heterocycles. The molecule has 3 rings (SSSR count). The molecule has 0 aromatic heterocycles. The number of rotatable bonds is 8. The molecular formula is C22H29N5O5S. The number of nitrogens with one attached hydrogen (secondary N) is 2. The molecule has 0 saturated carbocycles. The van der Waals surface area contributed by atoms with Crippen molar-refractivity contribution >= 4 is 38.9 Å². The number of ether oxygens (including phenoxy) is 1. The standard InChI is InChI=1S/C22H29N5O5S/c1-16(22(29)25-18-5-9-20(10-6-18)33(23,30)31)26(2)15-21(28)24-17-3-7-19(8-4-17)27-11-13-32-14-12-27/h3-10,16H,11-15H2,1-2H3,(H,24,28)(H,25,29)(H2,23,30,31). The van der Waals surface area contributed by atoms with Crippen molar-refractivity contribution in [1.29, 1.82) is 0 Å². The van der Waals surface area contributed by atoms with E-state index < -0.39 is 16.1 Å². The van der Waals surface area contributed by atoms with Crippen LogP contribution in [0.1, 0.15) is 6.92 Å². The Morgan fingerprint density at radius 3 is 2.15 bits per heavy atom. The van der Waals surface area contributed by atoms with Gasteiger partial charge in [0.1, 0.15) is 0 Å². The van der Waals surface area contributed by atoms with Crippen molar-refractivity contribution in [1.82, 2.24) is 4.90 Å². The summed E-state index contributed by atoms with van der Waals surface area (Å²) in [5.41, 5.74) is 2.19. The highest BCUT2D eigenvalue weighted by Gasteiger charge is 2.21. The van der Waals surface area contributed by atoms with Crippen LogP contribution in [0.3, 0.4) is 0 Å². The molecule has 2 aromatic rings. The van der Waals surface area contributed by atoms with Crippen LogP contribution in [0, 0.1) is 0 Å². The number of nitrogens with two attached hydrogens (primary N) is 1. The summed E-state index contributed by atoms with van der Waals surface area (Å²) in [5, 5.41) is 10.6. The van der Waals surface area contributed by atoms with E-state index in [-0.39, 0.29) is 23.3 Å². The van der Waals surface area contributed by atoms with Crippen LogP contribution < -0.4 is 20.7 Å². The number of nitrogens with zero attached hydrogens (tertiary/aromatic N) is 2. The Bertz CT molecular complexity index is 1070. The van der Waals surface area contributed by atoms with Gasteiger partial charge in [-0.1, -0.05) is 0 Å². The van der Waals surface area contributed by atoms with E-state index in [1.54, 1.807) is 18.9 Å². The maximum absolute atomic E-state index is 12.5. The first-order valence-electron chi connectivity index (χ1n) is 10.5. The average molecular weight is 476 g/mol. The molecule has 1 aliphatic rings. The molecule has 4 N–H and O–H groups in total. The third-order valence-corrected chi connectivity index (χ3v) is 6.34. The van der Waals surface area contributed by atoms with Gasteiger partial charge < -0.3 is 20.3 Å². The molecule has 1 unspecified atom stereocenters. The Labute approximate surface area is 193 Å². The molecule has 0 bridgehead atoms. The summed E-state index contributed by atoms with van der Waals surface area (Å²) in [5.74, 6) is -0.572. The fourth-order valence-electron chi connectivity index (χ4n) is 3.32. The molecule has 1 saturated heterocycles. The minimum absolute atomic E-state index is 0.0180. The number of anilines is 3. The zero-order valence-corrected chi connectivity index (χ0v) is 19.5. The minimum Gasteiger partial charge on any atom is -0.378 e. The van der Waals surface area contributed by atoms with Gasteiger partial charge in [-0.05, 0) is 62.5 Å². The lowest BCUT2D eigenvalue weighted by Gasteiger charge is -2.29. The van der Waals surface area contributed by atoms with E-state index in [9.17, 15) is 18.0 Å². The normalized spacial score (nSPS) is 15.2. The van der Waals surface area contributed by atoms with Crippen molar-refractivity contribution in [3.05, 3.63) is 48.5 Å².